The van der Waals surface area contributed by atoms with Gasteiger partial charge >= 0.3 is 0 Å². The number of rotatable bonds is 11. The number of aliphatic hydroxyl groups excluding tert-OH is 1. The number of benzene rings is 2. The summed E-state index contributed by atoms with van der Waals surface area (Å²) in [6.45, 7) is 3.51. The van der Waals surface area contributed by atoms with Crippen LogP contribution >= 0.6 is 0 Å². The summed E-state index contributed by atoms with van der Waals surface area (Å²) >= 11 is 0. The Morgan fingerprint density at radius 2 is 1.85 bits per heavy atom. The third kappa shape index (κ3) is 6.23. The van der Waals surface area contributed by atoms with Gasteiger partial charge in [0.25, 0.3) is 0 Å². The zero-order valence-electron chi connectivity index (χ0n) is 19.2. The molecule has 6 nitrogen and oxygen atoms in total. The summed E-state index contributed by atoms with van der Waals surface area (Å²) in [5.74, 6) is 2.91. The van der Waals surface area contributed by atoms with Crippen LogP contribution in [-0.4, -0.2) is 54.1 Å². The maximum atomic E-state index is 13.5. The minimum Gasteiger partial charge on any atom is -0.389 e. The highest BCUT2D eigenvalue weighted by Crippen LogP contribution is 2.34. The summed E-state index contributed by atoms with van der Waals surface area (Å²) in [6.07, 6.45) is 6.75. The monoisotopic (exact) mass is 463 g/mol. The van der Waals surface area contributed by atoms with Gasteiger partial charge in [-0.2, -0.15) is 0 Å². The van der Waals surface area contributed by atoms with Crippen LogP contribution in [0.5, 0.6) is 0 Å². The molecular weight excluding hydrogens is 433 g/mol. The van der Waals surface area contributed by atoms with Crippen LogP contribution in [-0.2, 0) is 17.8 Å². The normalized spacial score (nSPS) is 14.5. The number of anilines is 1. The van der Waals surface area contributed by atoms with Crippen LogP contribution in [0.4, 0.5) is 10.3 Å². The fourth-order valence-corrected chi connectivity index (χ4v) is 4.30. The Balaban J connectivity index is 1.62. The Kier molecular flexibility index (Phi) is 8.31. The fourth-order valence-electron chi connectivity index (χ4n) is 4.30. The number of aliphatic hydroxyl groups is 1. The molecule has 1 N–H and O–H groups in total. The summed E-state index contributed by atoms with van der Waals surface area (Å²) in [7, 11) is 0. The number of halogens is 1. The molecule has 0 amide bonds. The van der Waals surface area contributed by atoms with Crippen LogP contribution in [0, 0.1) is 18.2 Å². The van der Waals surface area contributed by atoms with Crippen molar-refractivity contribution >= 4 is 5.88 Å². The van der Waals surface area contributed by atoms with Crippen molar-refractivity contribution in [3.05, 3.63) is 71.5 Å². The van der Waals surface area contributed by atoms with E-state index in [4.69, 9.17) is 15.7 Å². The minimum atomic E-state index is -0.732. The Labute approximate surface area is 199 Å². The van der Waals surface area contributed by atoms with Gasteiger partial charge in [0.15, 0.2) is 0 Å². The zero-order valence-corrected chi connectivity index (χ0v) is 19.2. The van der Waals surface area contributed by atoms with Crippen molar-refractivity contribution in [2.75, 3.05) is 37.7 Å². The zero-order chi connectivity index (χ0) is 23.8. The molecule has 7 heteroatoms. The van der Waals surface area contributed by atoms with Gasteiger partial charge in [0.2, 0.25) is 5.88 Å². The fraction of sp³-hybridized carbons (Fsp3) is 0.370. The molecule has 0 radical (unpaired) electrons. The second-order valence-electron chi connectivity index (χ2n) is 8.54. The molecule has 1 aromatic heterocycles. The van der Waals surface area contributed by atoms with Crippen molar-refractivity contribution in [1.82, 2.24) is 10.1 Å². The highest BCUT2D eigenvalue weighted by molar-refractivity contribution is 5.68. The topological polar surface area (TPSA) is 62.0 Å². The maximum absolute atomic E-state index is 13.5. The lowest BCUT2D eigenvalue weighted by atomic mass is 10.1. The molecule has 178 valence electrons. The van der Waals surface area contributed by atoms with Gasteiger partial charge < -0.3 is 19.3 Å². The summed E-state index contributed by atoms with van der Waals surface area (Å²) < 4.78 is 24.7. The molecular formula is C27H30FN3O3. The third-order valence-corrected chi connectivity index (χ3v) is 5.87. The van der Waals surface area contributed by atoms with E-state index >= 15 is 0 Å². The predicted octanol–water partition coefficient (Wildman–Crippen LogP) is 4.09. The minimum absolute atomic E-state index is 0.137. The largest absolute Gasteiger partial charge is 0.389 e. The van der Waals surface area contributed by atoms with Gasteiger partial charge in [-0.15, -0.1) is 6.42 Å². The van der Waals surface area contributed by atoms with E-state index in [2.05, 4.69) is 20.9 Å². The van der Waals surface area contributed by atoms with Crippen molar-refractivity contribution in [3.63, 3.8) is 0 Å². The van der Waals surface area contributed by atoms with E-state index < -0.39 is 6.10 Å². The van der Waals surface area contributed by atoms with E-state index in [0.29, 0.717) is 19.6 Å². The molecule has 2 aromatic carbocycles. The predicted molar refractivity (Wildman–Crippen MR) is 130 cm³/mol. The summed E-state index contributed by atoms with van der Waals surface area (Å²) in [6, 6.07) is 16.4. The molecule has 0 spiro atoms. The van der Waals surface area contributed by atoms with Crippen LogP contribution in [0.25, 0.3) is 11.3 Å². The number of nitrogens with zero attached hydrogens (tertiary/aromatic N) is 3. The standard InChI is InChI=1S/C27H30FN3O3/c1-2-16-33-20-24(32)18-30(17-21-10-12-23(28)13-11-21)19-25-26(22-8-4-3-5-9-22)29-34-27(25)31-14-6-7-15-31/h1,3-5,8-13,24,32H,6-7,14-20H2. The molecule has 1 saturated heterocycles. The molecule has 4 rings (SSSR count). The Morgan fingerprint density at radius 1 is 1.12 bits per heavy atom. The first kappa shape index (κ1) is 24.0. The Bertz CT molecular complexity index is 1070. The number of ether oxygens (including phenoxy) is 1. The molecule has 3 aromatic rings. The van der Waals surface area contributed by atoms with Crippen LogP contribution < -0.4 is 4.90 Å². The number of aromatic nitrogens is 1. The highest BCUT2D eigenvalue weighted by Gasteiger charge is 2.27. The molecule has 1 unspecified atom stereocenters. The van der Waals surface area contributed by atoms with E-state index in [1.54, 1.807) is 12.1 Å². The Morgan fingerprint density at radius 3 is 2.56 bits per heavy atom. The van der Waals surface area contributed by atoms with Gasteiger partial charge in [0.05, 0.1) is 18.3 Å². The van der Waals surface area contributed by atoms with Crippen LogP contribution in [0.2, 0.25) is 0 Å². The molecule has 2 heterocycles. The van der Waals surface area contributed by atoms with Crippen LogP contribution in [0.15, 0.2) is 59.1 Å². The van der Waals surface area contributed by atoms with Gasteiger partial charge in [-0.1, -0.05) is 53.5 Å². The van der Waals surface area contributed by atoms with Crippen LogP contribution in [0.3, 0.4) is 0 Å². The second kappa shape index (κ2) is 11.8. The van der Waals surface area contributed by atoms with Crippen molar-refractivity contribution in [2.45, 2.75) is 32.0 Å². The number of hydrogen-bond acceptors (Lipinski definition) is 6. The Hall–Kier alpha value is -3.18. The summed E-state index contributed by atoms with van der Waals surface area (Å²) in [4.78, 5) is 4.34. The molecule has 34 heavy (non-hydrogen) atoms. The summed E-state index contributed by atoms with van der Waals surface area (Å²) in [5, 5.41) is 15.1. The van der Waals surface area contributed by atoms with Gasteiger partial charge in [0, 0.05) is 38.3 Å². The lowest BCUT2D eigenvalue weighted by molar-refractivity contribution is 0.0243. The van der Waals surface area contributed by atoms with Crippen molar-refractivity contribution in [1.29, 1.82) is 0 Å². The van der Waals surface area contributed by atoms with Gasteiger partial charge in [-0.3, -0.25) is 4.90 Å². The quantitative estimate of drug-likeness (QED) is 0.341. The second-order valence-corrected chi connectivity index (χ2v) is 8.54. The SMILES string of the molecule is C#CCOCC(O)CN(Cc1ccc(F)cc1)Cc1c(-c2ccccc2)noc1N1CCCC1. The average Bonchev–Trinajstić information content (AvgIpc) is 3.51. The first-order valence-electron chi connectivity index (χ1n) is 11.6. The maximum Gasteiger partial charge on any atom is 0.232 e. The van der Waals surface area contributed by atoms with E-state index in [-0.39, 0.29) is 19.0 Å². The van der Waals surface area contributed by atoms with Gasteiger partial charge in [-0.05, 0) is 30.5 Å². The van der Waals surface area contributed by atoms with Gasteiger partial charge in [0.1, 0.15) is 18.1 Å². The third-order valence-electron chi connectivity index (χ3n) is 5.87. The molecule has 1 atom stereocenters. The summed E-state index contributed by atoms with van der Waals surface area (Å²) in [5.41, 5.74) is 3.70. The lowest BCUT2D eigenvalue weighted by Crippen LogP contribution is -2.35. The smallest absolute Gasteiger partial charge is 0.232 e. The molecule has 0 saturated carbocycles. The van der Waals surface area contributed by atoms with E-state index in [1.165, 1.54) is 12.1 Å². The molecule has 0 bridgehead atoms. The van der Waals surface area contributed by atoms with Crippen LogP contribution in [0.1, 0.15) is 24.0 Å². The van der Waals surface area contributed by atoms with E-state index in [9.17, 15) is 9.50 Å². The van der Waals surface area contributed by atoms with E-state index in [0.717, 1.165) is 54.2 Å². The molecule has 1 aliphatic heterocycles. The van der Waals surface area contributed by atoms with Crippen molar-refractivity contribution in [2.24, 2.45) is 0 Å². The van der Waals surface area contributed by atoms with Gasteiger partial charge in [-0.25, -0.2) is 4.39 Å². The first-order chi connectivity index (χ1) is 16.6. The van der Waals surface area contributed by atoms with Crippen molar-refractivity contribution < 1.29 is 18.8 Å². The average molecular weight is 464 g/mol. The molecule has 1 fully saturated rings. The van der Waals surface area contributed by atoms with Crippen molar-refractivity contribution in [3.8, 4) is 23.6 Å². The number of terminal acetylenes is 1. The highest BCUT2D eigenvalue weighted by atomic mass is 19.1. The lowest BCUT2D eigenvalue weighted by Gasteiger charge is -2.26. The number of hydrogen-bond donors (Lipinski definition) is 1. The first-order valence-corrected chi connectivity index (χ1v) is 11.6. The van der Waals surface area contributed by atoms with E-state index in [1.807, 2.05) is 30.3 Å². The molecule has 1 aliphatic rings. The molecule has 0 aliphatic carbocycles.